The molecule has 0 aromatic heterocycles. The highest BCUT2D eigenvalue weighted by atomic mass is 31.2. The molecule has 0 saturated heterocycles. The summed E-state index contributed by atoms with van der Waals surface area (Å²) in [7, 11) is 1.24. The van der Waals surface area contributed by atoms with Crippen molar-refractivity contribution in [2.45, 2.75) is 302 Å². The lowest BCUT2D eigenvalue weighted by molar-refractivity contribution is -0.870. The van der Waals surface area contributed by atoms with E-state index >= 15 is 0 Å². The van der Waals surface area contributed by atoms with Crippen LogP contribution in [0.5, 0.6) is 0 Å². The normalized spacial score (nSPS) is 14.2. The summed E-state index contributed by atoms with van der Waals surface area (Å²) in [6.45, 7) is 4.51. The lowest BCUT2D eigenvalue weighted by Gasteiger charge is -2.29. The van der Waals surface area contributed by atoms with Gasteiger partial charge in [-0.1, -0.05) is 268 Å². The van der Waals surface area contributed by atoms with E-state index in [4.69, 9.17) is 9.05 Å². The van der Waals surface area contributed by atoms with Gasteiger partial charge >= 0.3 is 0 Å². The number of aliphatic hydroxyl groups is 1. The molecule has 0 aliphatic carbocycles. The smallest absolute Gasteiger partial charge is 0.268 e. The number of phosphoric acid groups is 1. The summed E-state index contributed by atoms with van der Waals surface area (Å²) in [6, 6.07) is -0.908. The van der Waals surface area contributed by atoms with Gasteiger partial charge in [0.1, 0.15) is 13.2 Å². The van der Waals surface area contributed by atoms with Gasteiger partial charge in [-0.05, 0) is 64.2 Å². The standard InChI is InChI=1S/C62H119N2O6P/c1-6-8-10-12-14-16-18-19-20-21-22-23-24-25-26-27-28-29-30-31-32-33-34-35-36-37-38-39-40-41-42-43-44-45-46-48-50-52-54-56-62(66)63-60(59-70-71(67,68)69-58-57-64(3,4)5)61(65)55-53-51-49-47-17-15-13-11-9-7-2/h9,11,17,31-32,47,53,55,60-61,65H,6-8,10,12-16,18-30,33-46,48-52,54,56-59H2,1-5H3,(H-,63,66,67,68)/b11-9+,32-31-,47-17+,55-53+. The van der Waals surface area contributed by atoms with Crippen LogP contribution in [0.4, 0.5) is 0 Å². The number of nitrogens with one attached hydrogen (secondary N) is 1. The molecule has 0 heterocycles. The van der Waals surface area contributed by atoms with Crippen molar-refractivity contribution < 1.29 is 32.9 Å². The molecule has 3 unspecified atom stereocenters. The van der Waals surface area contributed by atoms with Crippen molar-refractivity contribution in [3.05, 3.63) is 48.6 Å². The predicted molar refractivity (Wildman–Crippen MR) is 307 cm³/mol. The van der Waals surface area contributed by atoms with E-state index in [2.05, 4.69) is 55.6 Å². The van der Waals surface area contributed by atoms with E-state index in [1.54, 1.807) is 6.08 Å². The first-order valence-electron chi connectivity index (χ1n) is 30.5. The molecule has 0 spiro atoms. The summed E-state index contributed by atoms with van der Waals surface area (Å²) in [5.74, 6) is -0.211. The average molecular weight is 1020 g/mol. The van der Waals surface area contributed by atoms with Crippen molar-refractivity contribution in [1.29, 1.82) is 0 Å². The Morgan fingerprint density at radius 3 is 1.21 bits per heavy atom. The van der Waals surface area contributed by atoms with E-state index in [0.29, 0.717) is 17.4 Å². The van der Waals surface area contributed by atoms with Gasteiger partial charge < -0.3 is 28.8 Å². The Balaban J connectivity index is 3.82. The van der Waals surface area contributed by atoms with Crippen LogP contribution in [0.25, 0.3) is 0 Å². The van der Waals surface area contributed by atoms with Crippen LogP contribution in [0.2, 0.25) is 0 Å². The number of nitrogens with zero attached hydrogens (tertiary/aromatic N) is 1. The molecule has 0 aromatic rings. The van der Waals surface area contributed by atoms with Crippen molar-refractivity contribution in [3.8, 4) is 0 Å². The minimum atomic E-state index is -4.60. The summed E-state index contributed by atoms with van der Waals surface area (Å²) < 4.78 is 23.2. The quantitative estimate of drug-likeness (QED) is 0.0272. The number of aliphatic hydroxyl groups excluding tert-OH is 1. The third-order valence-electron chi connectivity index (χ3n) is 13.8. The fraction of sp³-hybridized carbons (Fsp3) is 0.855. The summed E-state index contributed by atoms with van der Waals surface area (Å²) in [5, 5.41) is 13.8. The maximum absolute atomic E-state index is 12.9. The predicted octanol–water partition coefficient (Wildman–Crippen LogP) is 18.1. The van der Waals surface area contributed by atoms with Gasteiger partial charge in [0, 0.05) is 6.42 Å². The third-order valence-corrected chi connectivity index (χ3v) is 14.7. The number of likely N-dealkylation sites (N-methyl/N-ethyl adjacent to an activating group) is 1. The molecule has 0 aliphatic heterocycles. The van der Waals surface area contributed by atoms with Crippen LogP contribution in [0.1, 0.15) is 290 Å². The zero-order valence-electron chi connectivity index (χ0n) is 47.7. The minimum Gasteiger partial charge on any atom is -0.756 e. The largest absolute Gasteiger partial charge is 0.756 e. The molecular formula is C62H119N2O6P. The molecule has 2 N–H and O–H groups in total. The SMILES string of the molecule is CC/C=C/CC/C=C/CC/C=C/C(O)C(COP(=O)([O-])OCC[N+](C)(C)C)NC(=O)CCCCCCCCCCCCCCCCCCC/C=C\CCCCCCCCCCCCCCCCCCCC. The second-order valence-corrected chi connectivity index (χ2v) is 23.4. The van der Waals surface area contributed by atoms with Crippen molar-refractivity contribution in [1.82, 2.24) is 5.32 Å². The second-order valence-electron chi connectivity index (χ2n) is 22.0. The van der Waals surface area contributed by atoms with E-state index in [9.17, 15) is 19.4 Å². The number of phosphoric ester groups is 1. The van der Waals surface area contributed by atoms with E-state index < -0.39 is 26.6 Å². The van der Waals surface area contributed by atoms with Crippen molar-refractivity contribution in [3.63, 3.8) is 0 Å². The summed E-state index contributed by atoms with van der Waals surface area (Å²) in [6.07, 6.45) is 71.2. The number of amides is 1. The molecule has 71 heavy (non-hydrogen) atoms. The van der Waals surface area contributed by atoms with E-state index in [-0.39, 0.29) is 12.5 Å². The first kappa shape index (κ1) is 69.5. The second kappa shape index (κ2) is 53.3. The molecule has 0 bridgehead atoms. The van der Waals surface area contributed by atoms with Crippen LogP contribution in [-0.4, -0.2) is 68.5 Å². The van der Waals surface area contributed by atoms with Crippen molar-refractivity contribution in [2.75, 3.05) is 40.9 Å². The Morgan fingerprint density at radius 2 is 0.831 bits per heavy atom. The molecule has 0 fully saturated rings. The van der Waals surface area contributed by atoms with Crippen LogP contribution in [-0.2, 0) is 18.4 Å². The number of carbonyl (C=O) groups excluding carboxylic acids is 1. The highest BCUT2D eigenvalue weighted by Crippen LogP contribution is 2.38. The van der Waals surface area contributed by atoms with Crippen LogP contribution >= 0.6 is 7.82 Å². The number of unbranched alkanes of at least 4 members (excludes halogenated alkanes) is 37. The zero-order valence-corrected chi connectivity index (χ0v) is 48.6. The molecule has 1 amide bonds. The summed E-state index contributed by atoms with van der Waals surface area (Å²) >= 11 is 0. The third kappa shape index (κ3) is 56.0. The number of carbonyl (C=O) groups is 1. The number of quaternary nitrogens is 1. The first-order valence-corrected chi connectivity index (χ1v) is 32.0. The zero-order chi connectivity index (χ0) is 52.0. The van der Waals surface area contributed by atoms with Gasteiger partial charge in [0.05, 0.1) is 39.9 Å². The maximum atomic E-state index is 12.9. The lowest BCUT2D eigenvalue weighted by atomic mass is 10.0. The minimum absolute atomic E-state index is 0.00921. The Labute approximate surface area is 441 Å². The molecule has 0 aromatic carbocycles. The Morgan fingerprint density at radius 1 is 0.493 bits per heavy atom. The number of hydrogen-bond acceptors (Lipinski definition) is 6. The molecule has 0 saturated carbocycles. The summed E-state index contributed by atoms with van der Waals surface area (Å²) in [4.78, 5) is 25.4. The number of hydrogen-bond donors (Lipinski definition) is 2. The van der Waals surface area contributed by atoms with Gasteiger partial charge in [-0.3, -0.25) is 9.36 Å². The topological polar surface area (TPSA) is 108 Å². The lowest BCUT2D eigenvalue weighted by Crippen LogP contribution is -2.45. The highest BCUT2D eigenvalue weighted by molar-refractivity contribution is 7.45. The van der Waals surface area contributed by atoms with E-state index in [1.165, 1.54) is 218 Å². The van der Waals surface area contributed by atoms with Crippen molar-refractivity contribution in [2.24, 2.45) is 0 Å². The highest BCUT2D eigenvalue weighted by Gasteiger charge is 2.23. The Bertz CT molecular complexity index is 1290. The molecular weight excluding hydrogens is 900 g/mol. The Kier molecular flexibility index (Phi) is 52.1. The van der Waals surface area contributed by atoms with E-state index in [0.717, 1.165) is 51.4 Å². The average Bonchev–Trinajstić information content (AvgIpc) is 3.33. The molecule has 418 valence electrons. The molecule has 3 atom stereocenters. The van der Waals surface area contributed by atoms with Crippen LogP contribution in [0.3, 0.4) is 0 Å². The van der Waals surface area contributed by atoms with E-state index in [1.807, 2.05) is 27.2 Å². The Hall–Kier alpha value is -1.54. The number of allylic oxidation sites excluding steroid dienone is 7. The van der Waals surface area contributed by atoms with Gasteiger partial charge in [0.25, 0.3) is 7.82 Å². The van der Waals surface area contributed by atoms with Gasteiger partial charge in [-0.2, -0.15) is 0 Å². The van der Waals surface area contributed by atoms with Gasteiger partial charge in [0.2, 0.25) is 5.91 Å². The molecule has 9 heteroatoms. The molecule has 0 radical (unpaired) electrons. The fourth-order valence-corrected chi connectivity index (χ4v) is 9.74. The fourth-order valence-electron chi connectivity index (χ4n) is 9.01. The van der Waals surface area contributed by atoms with Crippen LogP contribution in [0, 0.1) is 0 Å². The first-order chi connectivity index (χ1) is 34.5. The summed E-state index contributed by atoms with van der Waals surface area (Å²) in [5.41, 5.74) is 0. The number of rotatable bonds is 56. The monoisotopic (exact) mass is 1020 g/mol. The van der Waals surface area contributed by atoms with Crippen molar-refractivity contribution >= 4 is 13.7 Å². The molecule has 0 rings (SSSR count). The van der Waals surface area contributed by atoms with Crippen LogP contribution in [0.15, 0.2) is 48.6 Å². The van der Waals surface area contributed by atoms with Gasteiger partial charge in [-0.15, -0.1) is 0 Å². The van der Waals surface area contributed by atoms with Gasteiger partial charge in [-0.25, -0.2) is 0 Å². The molecule has 0 aliphatic rings. The molecule has 8 nitrogen and oxygen atoms in total. The maximum Gasteiger partial charge on any atom is 0.268 e. The van der Waals surface area contributed by atoms with Crippen LogP contribution < -0.4 is 10.2 Å². The van der Waals surface area contributed by atoms with Gasteiger partial charge in [0.15, 0.2) is 0 Å².